The highest BCUT2D eigenvalue weighted by Crippen LogP contribution is 2.27. The summed E-state index contributed by atoms with van der Waals surface area (Å²) in [6, 6.07) is 0.898. The average Bonchev–Trinajstić information content (AvgIpc) is 2.97. The third-order valence-corrected chi connectivity index (χ3v) is 5.05. The molecule has 1 amide bonds. The number of carbonyl (C=O) groups is 1. The first-order valence-corrected chi connectivity index (χ1v) is 7.58. The Hall–Kier alpha value is -0.940. The molecule has 0 aromatic carbocycles. The van der Waals surface area contributed by atoms with Crippen molar-refractivity contribution in [1.29, 1.82) is 0 Å². The van der Waals surface area contributed by atoms with Crippen molar-refractivity contribution >= 4 is 17.2 Å². The Labute approximate surface area is 111 Å². The quantitative estimate of drug-likeness (QED) is 0.887. The Morgan fingerprint density at radius 3 is 3.11 bits per heavy atom. The fourth-order valence-electron chi connectivity index (χ4n) is 3.17. The molecule has 18 heavy (non-hydrogen) atoms. The lowest BCUT2D eigenvalue weighted by atomic mass is 9.99. The van der Waals surface area contributed by atoms with Gasteiger partial charge in [-0.1, -0.05) is 6.42 Å². The van der Waals surface area contributed by atoms with Crippen LogP contribution in [0.3, 0.4) is 0 Å². The summed E-state index contributed by atoms with van der Waals surface area (Å²) in [5.41, 5.74) is 2.59. The Balaban J connectivity index is 1.66. The van der Waals surface area contributed by atoms with Crippen LogP contribution in [-0.4, -0.2) is 41.0 Å². The van der Waals surface area contributed by atoms with Crippen LogP contribution in [0.4, 0.5) is 0 Å². The topological polar surface area (TPSA) is 45.2 Å². The van der Waals surface area contributed by atoms with Gasteiger partial charge >= 0.3 is 0 Å². The molecule has 0 saturated carbocycles. The van der Waals surface area contributed by atoms with Gasteiger partial charge in [0, 0.05) is 18.6 Å². The summed E-state index contributed by atoms with van der Waals surface area (Å²) in [6.45, 7) is 4.24. The van der Waals surface area contributed by atoms with Gasteiger partial charge in [0.15, 0.2) is 0 Å². The number of hydrogen-bond acceptors (Lipinski definition) is 4. The van der Waals surface area contributed by atoms with Crippen LogP contribution >= 0.6 is 11.3 Å². The minimum Gasteiger partial charge on any atom is -0.347 e. The molecule has 98 valence electrons. The third-order valence-electron chi connectivity index (χ3n) is 4.12. The van der Waals surface area contributed by atoms with Gasteiger partial charge < -0.3 is 5.32 Å². The highest BCUT2D eigenvalue weighted by molar-refractivity contribution is 7.11. The van der Waals surface area contributed by atoms with E-state index in [-0.39, 0.29) is 5.91 Å². The maximum atomic E-state index is 12.2. The number of rotatable bonds is 2. The molecule has 2 atom stereocenters. The molecule has 2 fully saturated rings. The highest BCUT2D eigenvalue weighted by atomic mass is 32.1. The first-order chi connectivity index (χ1) is 8.75. The van der Waals surface area contributed by atoms with E-state index in [1.807, 2.05) is 6.92 Å². The van der Waals surface area contributed by atoms with Crippen molar-refractivity contribution in [2.45, 2.75) is 44.7 Å². The summed E-state index contributed by atoms with van der Waals surface area (Å²) in [5, 5.41) is 3.21. The van der Waals surface area contributed by atoms with E-state index < -0.39 is 0 Å². The molecule has 3 heterocycles. The monoisotopic (exact) mass is 265 g/mol. The largest absolute Gasteiger partial charge is 0.347 e. The van der Waals surface area contributed by atoms with Crippen LogP contribution in [0, 0.1) is 6.92 Å². The van der Waals surface area contributed by atoms with Gasteiger partial charge in [0.1, 0.15) is 4.88 Å². The summed E-state index contributed by atoms with van der Waals surface area (Å²) in [4.78, 5) is 19.6. The van der Waals surface area contributed by atoms with Crippen LogP contribution in [0.2, 0.25) is 0 Å². The first-order valence-electron chi connectivity index (χ1n) is 6.70. The summed E-state index contributed by atoms with van der Waals surface area (Å²) in [5.74, 6) is 0.0624. The molecule has 2 aliphatic heterocycles. The number of nitrogens with zero attached hydrogens (tertiary/aromatic N) is 2. The first kappa shape index (κ1) is 12.1. The maximum Gasteiger partial charge on any atom is 0.263 e. The van der Waals surface area contributed by atoms with E-state index in [9.17, 15) is 4.79 Å². The summed E-state index contributed by atoms with van der Waals surface area (Å²) < 4.78 is 0. The van der Waals surface area contributed by atoms with Crippen molar-refractivity contribution in [3.63, 3.8) is 0 Å². The van der Waals surface area contributed by atoms with Crippen molar-refractivity contribution in [1.82, 2.24) is 15.2 Å². The van der Waals surface area contributed by atoms with Crippen molar-refractivity contribution in [3.05, 3.63) is 16.1 Å². The Kier molecular flexibility index (Phi) is 3.35. The van der Waals surface area contributed by atoms with Gasteiger partial charge in [0.2, 0.25) is 0 Å². The molecule has 0 aliphatic carbocycles. The number of carbonyl (C=O) groups excluding carboxylic acids is 1. The predicted molar refractivity (Wildman–Crippen MR) is 71.9 cm³/mol. The van der Waals surface area contributed by atoms with Gasteiger partial charge in [-0.15, -0.1) is 11.3 Å². The van der Waals surface area contributed by atoms with Crippen molar-refractivity contribution < 1.29 is 4.79 Å². The predicted octanol–water partition coefficient (Wildman–Crippen LogP) is 1.81. The van der Waals surface area contributed by atoms with Gasteiger partial charge in [-0.3, -0.25) is 9.69 Å². The fraction of sp³-hybridized carbons (Fsp3) is 0.692. The standard InChI is InChI=1S/C13H19N3OS/c1-9-12(18-8-14-9)13(17)15-10-5-7-16-6-3-2-4-11(10)16/h8,10-11H,2-7H2,1H3,(H,15,17)/t10-,11-/m1/s1. The van der Waals surface area contributed by atoms with Gasteiger partial charge in [-0.05, 0) is 32.7 Å². The Bertz CT molecular complexity index is 445. The van der Waals surface area contributed by atoms with Gasteiger partial charge in [-0.2, -0.15) is 0 Å². The van der Waals surface area contributed by atoms with Gasteiger partial charge in [0.25, 0.3) is 5.91 Å². The lowest BCUT2D eigenvalue weighted by molar-refractivity contribution is 0.0918. The van der Waals surface area contributed by atoms with Crippen LogP contribution in [0.25, 0.3) is 0 Å². The van der Waals surface area contributed by atoms with Crippen LogP contribution in [0.5, 0.6) is 0 Å². The number of piperidine rings is 1. The lowest BCUT2D eigenvalue weighted by Crippen LogP contribution is -2.46. The summed E-state index contributed by atoms with van der Waals surface area (Å²) in [7, 11) is 0. The average molecular weight is 265 g/mol. The van der Waals surface area contributed by atoms with E-state index >= 15 is 0 Å². The molecular formula is C13H19N3OS. The second-order valence-corrected chi connectivity index (χ2v) is 6.09. The van der Waals surface area contributed by atoms with Crippen LogP contribution in [-0.2, 0) is 0 Å². The molecule has 0 bridgehead atoms. The maximum absolute atomic E-state index is 12.2. The number of aromatic nitrogens is 1. The van der Waals surface area contributed by atoms with E-state index in [0.29, 0.717) is 12.1 Å². The molecule has 2 saturated heterocycles. The SMILES string of the molecule is Cc1ncsc1C(=O)N[C@@H]1CCN2CCCC[C@H]12. The zero-order valence-corrected chi connectivity index (χ0v) is 11.5. The molecule has 0 unspecified atom stereocenters. The smallest absolute Gasteiger partial charge is 0.263 e. The van der Waals surface area contributed by atoms with Crippen LogP contribution in [0.1, 0.15) is 41.0 Å². The van der Waals surface area contributed by atoms with Crippen LogP contribution in [0.15, 0.2) is 5.51 Å². The van der Waals surface area contributed by atoms with Crippen molar-refractivity contribution in [3.8, 4) is 0 Å². The molecule has 5 heteroatoms. The minimum atomic E-state index is 0.0624. The molecule has 0 spiro atoms. The van der Waals surface area contributed by atoms with E-state index in [1.54, 1.807) is 5.51 Å². The number of aryl methyl sites for hydroxylation is 1. The molecule has 0 radical (unpaired) electrons. The van der Waals surface area contributed by atoms with E-state index in [0.717, 1.165) is 23.5 Å². The lowest BCUT2D eigenvalue weighted by Gasteiger charge is -2.32. The van der Waals surface area contributed by atoms with Crippen molar-refractivity contribution in [2.24, 2.45) is 0 Å². The zero-order valence-electron chi connectivity index (χ0n) is 10.7. The molecular weight excluding hydrogens is 246 g/mol. The molecule has 2 aliphatic rings. The van der Waals surface area contributed by atoms with E-state index in [2.05, 4.69) is 15.2 Å². The highest BCUT2D eigenvalue weighted by Gasteiger charge is 2.36. The molecule has 1 aromatic heterocycles. The number of amides is 1. The van der Waals surface area contributed by atoms with E-state index in [4.69, 9.17) is 0 Å². The number of fused-ring (bicyclic) bond motifs is 1. The molecule has 3 rings (SSSR count). The molecule has 4 nitrogen and oxygen atoms in total. The molecule has 1 aromatic rings. The Morgan fingerprint density at radius 2 is 2.33 bits per heavy atom. The normalized spacial score (nSPS) is 28.1. The fourth-order valence-corrected chi connectivity index (χ4v) is 3.87. The third kappa shape index (κ3) is 2.17. The van der Waals surface area contributed by atoms with Gasteiger partial charge in [0.05, 0.1) is 11.2 Å². The number of nitrogens with one attached hydrogen (secondary N) is 1. The molecule has 1 N–H and O–H groups in total. The summed E-state index contributed by atoms with van der Waals surface area (Å²) in [6.07, 6.45) is 4.93. The second kappa shape index (κ2) is 4.97. The number of thiazole rings is 1. The Morgan fingerprint density at radius 1 is 1.44 bits per heavy atom. The van der Waals surface area contributed by atoms with Crippen molar-refractivity contribution in [2.75, 3.05) is 13.1 Å². The van der Waals surface area contributed by atoms with E-state index in [1.165, 1.54) is 37.1 Å². The van der Waals surface area contributed by atoms with Crippen LogP contribution < -0.4 is 5.32 Å². The summed E-state index contributed by atoms with van der Waals surface area (Å²) >= 11 is 1.43. The second-order valence-electron chi connectivity index (χ2n) is 5.23. The van der Waals surface area contributed by atoms with Gasteiger partial charge in [-0.25, -0.2) is 4.98 Å². The minimum absolute atomic E-state index is 0.0624. The zero-order chi connectivity index (χ0) is 12.5. The number of hydrogen-bond donors (Lipinski definition) is 1.